The van der Waals surface area contributed by atoms with Gasteiger partial charge in [0, 0.05) is 43.6 Å². The van der Waals surface area contributed by atoms with Crippen LogP contribution in [-0.2, 0) is 4.79 Å². The Morgan fingerprint density at radius 2 is 1.52 bits per heavy atom. The van der Waals surface area contributed by atoms with Crippen LogP contribution in [0.15, 0.2) is 24.3 Å². The molecule has 3 aliphatic rings. The maximum atomic E-state index is 12.8. The number of likely N-dealkylation sites (tertiary alicyclic amines) is 2. The van der Waals surface area contributed by atoms with E-state index in [1.54, 1.807) is 0 Å². The number of carbonyl (C=O) groups is 2. The summed E-state index contributed by atoms with van der Waals surface area (Å²) in [5, 5.41) is 0. The van der Waals surface area contributed by atoms with Crippen molar-refractivity contribution in [1.29, 1.82) is 0 Å². The third-order valence-corrected chi connectivity index (χ3v) is 6.77. The highest BCUT2D eigenvalue weighted by molar-refractivity contribution is 5.94. The third kappa shape index (κ3) is 5.12. The minimum Gasteiger partial charge on any atom is -0.493 e. The lowest BCUT2D eigenvalue weighted by Gasteiger charge is -2.35. The van der Waals surface area contributed by atoms with Gasteiger partial charge in [-0.3, -0.25) is 9.59 Å². The summed E-state index contributed by atoms with van der Waals surface area (Å²) in [6, 6.07) is 7.54. The van der Waals surface area contributed by atoms with Crippen LogP contribution in [0.25, 0.3) is 0 Å². The van der Waals surface area contributed by atoms with Gasteiger partial charge in [-0.15, -0.1) is 0 Å². The van der Waals surface area contributed by atoms with E-state index in [2.05, 4.69) is 4.90 Å². The molecule has 0 aromatic heterocycles. The van der Waals surface area contributed by atoms with Crippen molar-refractivity contribution >= 4 is 11.8 Å². The fraction of sp³-hybridized carbons (Fsp3) is 0.667. The molecule has 2 heterocycles. The molecule has 158 valence electrons. The molecule has 0 bridgehead atoms. The van der Waals surface area contributed by atoms with Crippen LogP contribution < -0.4 is 4.74 Å². The van der Waals surface area contributed by atoms with Crippen LogP contribution in [-0.4, -0.2) is 54.4 Å². The predicted molar refractivity (Wildman–Crippen MR) is 113 cm³/mol. The van der Waals surface area contributed by atoms with Crippen LogP contribution in [0.4, 0.5) is 0 Å². The number of piperidine rings is 1. The van der Waals surface area contributed by atoms with Crippen molar-refractivity contribution in [2.45, 2.75) is 57.8 Å². The number of hydrogen-bond acceptors (Lipinski definition) is 3. The molecule has 1 aliphatic carbocycles. The fourth-order valence-corrected chi connectivity index (χ4v) is 5.02. The van der Waals surface area contributed by atoms with Crippen molar-refractivity contribution in [3.8, 4) is 5.75 Å². The van der Waals surface area contributed by atoms with Crippen molar-refractivity contribution in [2.24, 2.45) is 11.8 Å². The molecule has 2 aliphatic heterocycles. The van der Waals surface area contributed by atoms with Crippen molar-refractivity contribution in [3.63, 3.8) is 0 Å². The van der Waals surface area contributed by atoms with Gasteiger partial charge in [-0.05, 0) is 62.8 Å². The molecule has 29 heavy (non-hydrogen) atoms. The largest absolute Gasteiger partial charge is 0.493 e. The fourth-order valence-electron chi connectivity index (χ4n) is 5.02. The van der Waals surface area contributed by atoms with Gasteiger partial charge in [0.05, 0.1) is 6.61 Å². The standard InChI is InChI=1S/C24H34N2O3/c27-23(25-14-4-5-15-25)21-10-12-22(13-11-21)29-18-19-7-6-16-26(17-19)24(28)20-8-2-1-3-9-20/h10-13,19-20H,1-9,14-18H2/t19-/m0/s1. The van der Waals surface area contributed by atoms with Gasteiger partial charge < -0.3 is 14.5 Å². The zero-order valence-corrected chi connectivity index (χ0v) is 17.5. The first-order chi connectivity index (χ1) is 14.2. The van der Waals surface area contributed by atoms with E-state index in [9.17, 15) is 9.59 Å². The van der Waals surface area contributed by atoms with Crippen LogP contribution >= 0.6 is 0 Å². The topological polar surface area (TPSA) is 49.9 Å². The van der Waals surface area contributed by atoms with E-state index in [4.69, 9.17) is 4.74 Å². The maximum Gasteiger partial charge on any atom is 0.253 e. The van der Waals surface area contributed by atoms with Gasteiger partial charge in [0.1, 0.15) is 5.75 Å². The summed E-state index contributed by atoms with van der Waals surface area (Å²) in [6.07, 6.45) is 10.2. The van der Waals surface area contributed by atoms with E-state index in [1.165, 1.54) is 19.3 Å². The Balaban J connectivity index is 1.26. The normalized spacial score (nSPS) is 23.2. The molecule has 4 rings (SSSR count). The van der Waals surface area contributed by atoms with Gasteiger partial charge in [0.15, 0.2) is 0 Å². The first-order valence-electron chi connectivity index (χ1n) is 11.5. The van der Waals surface area contributed by atoms with Gasteiger partial charge >= 0.3 is 0 Å². The lowest BCUT2D eigenvalue weighted by atomic mass is 9.87. The molecule has 0 unspecified atom stereocenters. The number of hydrogen-bond donors (Lipinski definition) is 0. The second-order valence-electron chi connectivity index (χ2n) is 8.96. The molecular formula is C24H34N2O3. The van der Waals surface area contributed by atoms with Crippen LogP contribution in [0.2, 0.25) is 0 Å². The summed E-state index contributed by atoms with van der Waals surface area (Å²) < 4.78 is 6.02. The molecule has 2 saturated heterocycles. The first kappa shape index (κ1) is 20.2. The minimum absolute atomic E-state index is 0.123. The lowest BCUT2D eigenvalue weighted by molar-refractivity contribution is -0.138. The van der Waals surface area contributed by atoms with Crippen molar-refractivity contribution in [3.05, 3.63) is 29.8 Å². The van der Waals surface area contributed by atoms with Crippen LogP contribution in [0, 0.1) is 11.8 Å². The van der Waals surface area contributed by atoms with Crippen LogP contribution in [0.3, 0.4) is 0 Å². The van der Waals surface area contributed by atoms with E-state index in [-0.39, 0.29) is 11.8 Å². The molecule has 0 N–H and O–H groups in total. The molecule has 3 fully saturated rings. The molecule has 1 saturated carbocycles. The molecule has 5 nitrogen and oxygen atoms in total. The van der Waals surface area contributed by atoms with E-state index in [1.807, 2.05) is 29.2 Å². The molecule has 1 aromatic rings. The molecule has 2 amide bonds. The third-order valence-electron chi connectivity index (χ3n) is 6.77. The van der Waals surface area contributed by atoms with Gasteiger partial charge in [0.2, 0.25) is 5.91 Å². The van der Waals surface area contributed by atoms with Crippen LogP contribution in [0.5, 0.6) is 5.75 Å². The summed E-state index contributed by atoms with van der Waals surface area (Å²) in [7, 11) is 0. The number of ether oxygens (including phenoxy) is 1. The number of benzene rings is 1. The summed E-state index contributed by atoms with van der Waals surface area (Å²) in [5.41, 5.74) is 0.737. The number of amides is 2. The Bertz CT molecular complexity index is 691. The first-order valence-corrected chi connectivity index (χ1v) is 11.5. The smallest absolute Gasteiger partial charge is 0.253 e. The van der Waals surface area contributed by atoms with E-state index in [0.717, 1.165) is 76.0 Å². The molecule has 0 radical (unpaired) electrons. The molecular weight excluding hydrogens is 364 g/mol. The number of carbonyl (C=O) groups excluding carboxylic acids is 2. The van der Waals surface area contributed by atoms with Gasteiger partial charge in [-0.25, -0.2) is 0 Å². The van der Waals surface area contributed by atoms with E-state index < -0.39 is 0 Å². The zero-order valence-electron chi connectivity index (χ0n) is 17.5. The maximum absolute atomic E-state index is 12.8. The van der Waals surface area contributed by atoms with Crippen molar-refractivity contribution in [2.75, 3.05) is 32.8 Å². The second-order valence-corrected chi connectivity index (χ2v) is 8.96. The number of rotatable bonds is 5. The zero-order chi connectivity index (χ0) is 20.1. The molecule has 5 heteroatoms. The van der Waals surface area contributed by atoms with E-state index >= 15 is 0 Å². The minimum atomic E-state index is 0.123. The monoisotopic (exact) mass is 398 g/mol. The Hall–Kier alpha value is -2.04. The summed E-state index contributed by atoms with van der Waals surface area (Å²) >= 11 is 0. The van der Waals surface area contributed by atoms with E-state index in [0.29, 0.717) is 18.4 Å². The Morgan fingerprint density at radius 3 is 2.24 bits per heavy atom. The van der Waals surface area contributed by atoms with Crippen molar-refractivity contribution in [1.82, 2.24) is 9.80 Å². The number of nitrogens with zero attached hydrogens (tertiary/aromatic N) is 2. The summed E-state index contributed by atoms with van der Waals surface area (Å²) in [6.45, 7) is 4.09. The van der Waals surface area contributed by atoms with Crippen LogP contribution in [0.1, 0.15) is 68.1 Å². The highest BCUT2D eigenvalue weighted by Gasteiger charge is 2.30. The highest BCUT2D eigenvalue weighted by atomic mass is 16.5. The second kappa shape index (κ2) is 9.64. The average molecular weight is 399 g/mol. The SMILES string of the molecule is O=C(c1ccc(OC[C@H]2CCCN(C(=O)C3CCCCC3)C2)cc1)N1CCCC1. The predicted octanol–water partition coefficient (Wildman–Crippen LogP) is 4.12. The lowest BCUT2D eigenvalue weighted by Crippen LogP contribution is -2.44. The summed E-state index contributed by atoms with van der Waals surface area (Å²) in [5.74, 6) is 1.95. The Kier molecular flexibility index (Phi) is 6.73. The Labute approximate surface area is 174 Å². The average Bonchev–Trinajstić information content (AvgIpc) is 3.33. The van der Waals surface area contributed by atoms with Crippen molar-refractivity contribution < 1.29 is 14.3 Å². The van der Waals surface area contributed by atoms with Gasteiger partial charge in [0.25, 0.3) is 5.91 Å². The van der Waals surface area contributed by atoms with Gasteiger partial charge in [-0.2, -0.15) is 0 Å². The molecule has 1 atom stereocenters. The highest BCUT2D eigenvalue weighted by Crippen LogP contribution is 2.28. The Morgan fingerprint density at radius 1 is 0.828 bits per heavy atom. The summed E-state index contributed by atoms with van der Waals surface area (Å²) in [4.78, 5) is 29.3. The quantitative estimate of drug-likeness (QED) is 0.750. The molecule has 1 aromatic carbocycles. The van der Waals surface area contributed by atoms with Gasteiger partial charge in [-0.1, -0.05) is 19.3 Å². The molecule has 0 spiro atoms.